The molecule has 0 bridgehead atoms. The number of benzene rings is 2. The average Bonchev–Trinajstić information content (AvgIpc) is 2.83. The van der Waals surface area contributed by atoms with Crippen molar-refractivity contribution >= 4 is 21.6 Å². The standard InChI is InChI=1S/C23H25N3O6S/c1-4-13-24-23(27)16-5-12-22(25-15-16)32-18-8-6-17(7-9-18)26-33(28,29)21-14-19(30-2)10-11-20(21)31-3/h5-12,14-15,26H,4,13H2,1-3H3,(H,24,27). The third-order valence-electron chi connectivity index (χ3n) is 4.52. The Morgan fingerprint density at radius 1 is 0.970 bits per heavy atom. The van der Waals surface area contributed by atoms with Crippen molar-refractivity contribution in [1.29, 1.82) is 0 Å². The van der Waals surface area contributed by atoms with Crippen LogP contribution in [-0.2, 0) is 10.0 Å². The number of carbonyl (C=O) groups excluding carboxylic acids is 1. The highest BCUT2D eigenvalue weighted by atomic mass is 32.2. The minimum Gasteiger partial charge on any atom is -0.497 e. The number of anilines is 1. The van der Waals surface area contributed by atoms with E-state index in [-0.39, 0.29) is 16.6 Å². The molecule has 0 atom stereocenters. The molecule has 1 heterocycles. The number of pyridine rings is 1. The summed E-state index contributed by atoms with van der Waals surface area (Å²) in [6, 6.07) is 14.1. The summed E-state index contributed by atoms with van der Waals surface area (Å²) in [6.45, 7) is 2.57. The number of nitrogens with one attached hydrogen (secondary N) is 2. The highest BCUT2D eigenvalue weighted by molar-refractivity contribution is 7.92. The third-order valence-corrected chi connectivity index (χ3v) is 5.93. The molecule has 2 N–H and O–H groups in total. The van der Waals surface area contributed by atoms with Crippen LogP contribution in [0.15, 0.2) is 65.7 Å². The first kappa shape index (κ1) is 23.9. The number of methoxy groups -OCH3 is 2. The number of rotatable bonds is 10. The van der Waals surface area contributed by atoms with Gasteiger partial charge in [-0.1, -0.05) is 6.92 Å². The molecule has 3 aromatic rings. The summed E-state index contributed by atoms with van der Waals surface area (Å²) in [7, 11) is -1.08. The predicted octanol–water partition coefficient (Wildman–Crippen LogP) is 3.83. The summed E-state index contributed by atoms with van der Waals surface area (Å²) < 4.78 is 44.2. The van der Waals surface area contributed by atoms with Gasteiger partial charge in [-0.2, -0.15) is 0 Å². The number of aromatic nitrogens is 1. The van der Waals surface area contributed by atoms with Crippen molar-refractivity contribution in [3.8, 4) is 23.1 Å². The maximum absolute atomic E-state index is 12.9. The molecule has 0 spiro atoms. The predicted molar refractivity (Wildman–Crippen MR) is 124 cm³/mol. The molecule has 9 nitrogen and oxygen atoms in total. The van der Waals surface area contributed by atoms with E-state index >= 15 is 0 Å². The SMILES string of the molecule is CCCNC(=O)c1ccc(Oc2ccc(NS(=O)(=O)c3cc(OC)ccc3OC)cc2)nc1. The van der Waals surface area contributed by atoms with E-state index < -0.39 is 10.0 Å². The zero-order chi connectivity index (χ0) is 23.8. The molecule has 33 heavy (non-hydrogen) atoms. The average molecular weight is 472 g/mol. The normalized spacial score (nSPS) is 10.9. The van der Waals surface area contributed by atoms with Gasteiger partial charge in [-0.05, 0) is 48.9 Å². The third kappa shape index (κ3) is 6.13. The maximum atomic E-state index is 12.9. The second-order valence-electron chi connectivity index (χ2n) is 6.89. The lowest BCUT2D eigenvalue weighted by Gasteiger charge is -2.13. The van der Waals surface area contributed by atoms with Crippen LogP contribution in [0.5, 0.6) is 23.1 Å². The summed E-state index contributed by atoms with van der Waals surface area (Å²) >= 11 is 0. The summed E-state index contributed by atoms with van der Waals surface area (Å²) in [5.41, 5.74) is 0.775. The van der Waals surface area contributed by atoms with Crippen LogP contribution in [0.25, 0.3) is 0 Å². The molecule has 10 heteroatoms. The Balaban J connectivity index is 1.69. The first-order valence-corrected chi connectivity index (χ1v) is 11.6. The monoisotopic (exact) mass is 471 g/mol. The van der Waals surface area contributed by atoms with Crippen molar-refractivity contribution in [1.82, 2.24) is 10.3 Å². The van der Waals surface area contributed by atoms with Crippen molar-refractivity contribution in [3.05, 3.63) is 66.4 Å². The van der Waals surface area contributed by atoms with Crippen LogP contribution in [0, 0.1) is 0 Å². The minimum atomic E-state index is -3.93. The second kappa shape index (κ2) is 10.7. The second-order valence-corrected chi connectivity index (χ2v) is 8.54. The lowest BCUT2D eigenvalue weighted by Crippen LogP contribution is -2.23. The van der Waals surface area contributed by atoms with Crippen LogP contribution in [0.4, 0.5) is 5.69 Å². The van der Waals surface area contributed by atoms with Crippen LogP contribution in [0.1, 0.15) is 23.7 Å². The highest BCUT2D eigenvalue weighted by Gasteiger charge is 2.21. The molecule has 174 valence electrons. The molecular weight excluding hydrogens is 446 g/mol. The lowest BCUT2D eigenvalue weighted by atomic mass is 10.2. The largest absolute Gasteiger partial charge is 0.497 e. The topological polar surface area (TPSA) is 116 Å². The zero-order valence-corrected chi connectivity index (χ0v) is 19.3. The minimum absolute atomic E-state index is 0.0445. The fraction of sp³-hybridized carbons (Fsp3) is 0.217. The van der Waals surface area contributed by atoms with E-state index in [1.807, 2.05) is 6.92 Å². The first-order chi connectivity index (χ1) is 15.9. The van der Waals surface area contributed by atoms with Gasteiger partial charge in [0, 0.05) is 30.6 Å². The Morgan fingerprint density at radius 3 is 2.30 bits per heavy atom. The quantitative estimate of drug-likeness (QED) is 0.462. The van der Waals surface area contributed by atoms with Crippen LogP contribution in [0.3, 0.4) is 0 Å². The van der Waals surface area contributed by atoms with E-state index in [2.05, 4.69) is 15.0 Å². The summed E-state index contributed by atoms with van der Waals surface area (Å²) in [4.78, 5) is 16.0. The molecule has 0 aliphatic heterocycles. The summed E-state index contributed by atoms with van der Waals surface area (Å²) in [5.74, 6) is 1.15. The van der Waals surface area contributed by atoms with Crippen molar-refractivity contribution in [2.24, 2.45) is 0 Å². The Hall–Kier alpha value is -3.79. The summed E-state index contributed by atoms with van der Waals surface area (Å²) in [5, 5.41) is 2.78. The van der Waals surface area contributed by atoms with Gasteiger partial charge in [0.2, 0.25) is 5.88 Å². The molecule has 0 radical (unpaired) electrons. The fourth-order valence-electron chi connectivity index (χ4n) is 2.83. The van der Waals surface area contributed by atoms with Gasteiger partial charge in [-0.15, -0.1) is 0 Å². The fourth-order valence-corrected chi connectivity index (χ4v) is 4.08. The molecule has 0 saturated heterocycles. The van der Waals surface area contributed by atoms with Crippen molar-refractivity contribution in [2.75, 3.05) is 25.5 Å². The van der Waals surface area contributed by atoms with Crippen molar-refractivity contribution in [3.63, 3.8) is 0 Å². The van der Waals surface area contributed by atoms with Gasteiger partial charge in [-0.3, -0.25) is 9.52 Å². The van der Waals surface area contributed by atoms with E-state index in [1.54, 1.807) is 42.5 Å². The number of ether oxygens (including phenoxy) is 3. The Labute approximate surface area is 192 Å². The Morgan fingerprint density at radius 2 is 1.70 bits per heavy atom. The number of amides is 1. The van der Waals surface area contributed by atoms with E-state index in [4.69, 9.17) is 14.2 Å². The van der Waals surface area contributed by atoms with Gasteiger partial charge >= 0.3 is 0 Å². The molecule has 0 fully saturated rings. The molecule has 3 rings (SSSR count). The number of nitrogens with zero attached hydrogens (tertiary/aromatic N) is 1. The van der Waals surface area contributed by atoms with Gasteiger partial charge in [0.05, 0.1) is 19.8 Å². The number of sulfonamides is 1. The molecular formula is C23H25N3O6S. The number of carbonyl (C=O) groups is 1. The van der Waals surface area contributed by atoms with Crippen molar-refractivity contribution in [2.45, 2.75) is 18.2 Å². The molecule has 1 amide bonds. The lowest BCUT2D eigenvalue weighted by molar-refractivity contribution is 0.0953. The Bertz CT molecular complexity index is 1200. The van der Waals surface area contributed by atoms with Crippen LogP contribution in [0.2, 0.25) is 0 Å². The molecule has 0 aliphatic rings. The van der Waals surface area contributed by atoms with Crippen molar-refractivity contribution < 1.29 is 27.4 Å². The highest BCUT2D eigenvalue weighted by Crippen LogP contribution is 2.30. The van der Waals surface area contributed by atoms with Gasteiger partial charge in [0.25, 0.3) is 15.9 Å². The van der Waals surface area contributed by atoms with Gasteiger partial charge in [-0.25, -0.2) is 13.4 Å². The summed E-state index contributed by atoms with van der Waals surface area (Å²) in [6.07, 6.45) is 2.28. The first-order valence-electron chi connectivity index (χ1n) is 10.1. The van der Waals surface area contributed by atoms with E-state index in [1.165, 1.54) is 32.5 Å². The van der Waals surface area contributed by atoms with E-state index in [0.29, 0.717) is 35.2 Å². The molecule has 0 aliphatic carbocycles. The molecule has 1 aromatic heterocycles. The van der Waals surface area contributed by atoms with Crippen LogP contribution in [-0.4, -0.2) is 40.1 Å². The smallest absolute Gasteiger partial charge is 0.265 e. The number of hydrogen-bond acceptors (Lipinski definition) is 7. The zero-order valence-electron chi connectivity index (χ0n) is 18.5. The van der Waals surface area contributed by atoms with Crippen LogP contribution >= 0.6 is 0 Å². The van der Waals surface area contributed by atoms with Gasteiger partial charge < -0.3 is 19.5 Å². The van der Waals surface area contributed by atoms with E-state index in [9.17, 15) is 13.2 Å². The van der Waals surface area contributed by atoms with Gasteiger partial charge in [0.1, 0.15) is 22.1 Å². The molecule has 0 unspecified atom stereocenters. The molecule has 0 saturated carbocycles. The van der Waals surface area contributed by atoms with Gasteiger partial charge in [0.15, 0.2) is 0 Å². The van der Waals surface area contributed by atoms with Crippen LogP contribution < -0.4 is 24.2 Å². The maximum Gasteiger partial charge on any atom is 0.265 e. The Kier molecular flexibility index (Phi) is 7.73. The number of hydrogen-bond donors (Lipinski definition) is 2. The molecule has 2 aromatic carbocycles. The van der Waals surface area contributed by atoms with E-state index in [0.717, 1.165) is 6.42 Å².